The van der Waals surface area contributed by atoms with Crippen molar-refractivity contribution >= 4 is 33.0 Å². The summed E-state index contributed by atoms with van der Waals surface area (Å²) in [6.07, 6.45) is 7.48. The van der Waals surface area contributed by atoms with Crippen LogP contribution in [-0.4, -0.2) is 49.9 Å². The van der Waals surface area contributed by atoms with Crippen molar-refractivity contribution in [2.24, 2.45) is 5.41 Å². The van der Waals surface area contributed by atoms with Crippen molar-refractivity contribution in [3.8, 4) is 11.3 Å². The van der Waals surface area contributed by atoms with E-state index in [4.69, 9.17) is 0 Å². The molecule has 1 spiro atoms. The van der Waals surface area contributed by atoms with Crippen molar-refractivity contribution in [2.75, 3.05) is 19.6 Å². The van der Waals surface area contributed by atoms with Crippen LogP contribution in [0.25, 0.3) is 27.1 Å². The van der Waals surface area contributed by atoms with Gasteiger partial charge >= 0.3 is 0 Å². The number of hydrogen-bond donors (Lipinski definition) is 1. The quantitative estimate of drug-likeness (QED) is 0.394. The van der Waals surface area contributed by atoms with Gasteiger partial charge in [-0.1, -0.05) is 13.8 Å². The number of aromatic nitrogens is 4. The Morgan fingerprint density at radius 2 is 2.12 bits per heavy atom. The number of thiophene rings is 1. The van der Waals surface area contributed by atoms with Crippen LogP contribution >= 0.6 is 11.3 Å². The molecular formula is C27H33N5OS. The second-order valence-corrected chi connectivity index (χ2v) is 12.1. The normalized spacial score (nSPS) is 23.1. The third-order valence-corrected chi connectivity index (χ3v) is 9.45. The first-order valence-corrected chi connectivity index (χ1v) is 13.2. The van der Waals surface area contributed by atoms with E-state index in [-0.39, 0.29) is 5.78 Å². The number of carbonyl (C=O) groups excluding carboxylic acids is 1. The number of nitrogens with one attached hydrogen (secondary N) is 1. The molecule has 178 valence electrons. The highest BCUT2D eigenvalue weighted by Crippen LogP contribution is 2.58. The van der Waals surface area contributed by atoms with Crippen molar-refractivity contribution in [1.82, 2.24) is 24.5 Å². The van der Waals surface area contributed by atoms with E-state index in [1.165, 1.54) is 51.9 Å². The van der Waals surface area contributed by atoms with Crippen LogP contribution in [0.1, 0.15) is 73.4 Å². The summed E-state index contributed by atoms with van der Waals surface area (Å²) in [5, 5.41) is 5.81. The minimum absolute atomic E-state index is 0.284. The highest BCUT2D eigenvalue weighted by molar-refractivity contribution is 7.19. The number of Topliss-reactive ketones (excluding diaryl/α,β-unsaturated/α-hetero) is 1. The fourth-order valence-corrected chi connectivity index (χ4v) is 7.98. The average molecular weight is 476 g/mol. The van der Waals surface area contributed by atoms with Crippen molar-refractivity contribution < 1.29 is 4.79 Å². The predicted molar refractivity (Wildman–Crippen MR) is 138 cm³/mol. The van der Waals surface area contributed by atoms with Gasteiger partial charge in [-0.15, -0.1) is 11.3 Å². The van der Waals surface area contributed by atoms with Gasteiger partial charge in [-0.3, -0.25) is 9.69 Å². The molecule has 2 aliphatic rings. The van der Waals surface area contributed by atoms with Gasteiger partial charge in [0.1, 0.15) is 16.9 Å². The lowest BCUT2D eigenvalue weighted by Crippen LogP contribution is -2.39. The Labute approximate surface area is 204 Å². The number of likely N-dealkylation sites (tertiary alicyclic amines) is 1. The number of pyridine rings is 1. The lowest BCUT2D eigenvalue weighted by Gasteiger charge is -2.45. The maximum atomic E-state index is 11.6. The molecule has 5 heterocycles. The molecule has 2 fully saturated rings. The molecule has 0 unspecified atom stereocenters. The average Bonchev–Trinajstić information content (AvgIpc) is 3.49. The number of hydrogen-bond acceptors (Lipinski definition) is 5. The topological polar surface area (TPSA) is 66.3 Å². The maximum absolute atomic E-state index is 11.6. The Hall–Kier alpha value is -2.51. The van der Waals surface area contributed by atoms with Crippen LogP contribution < -0.4 is 0 Å². The number of H-pyrrole nitrogens is 1. The summed E-state index contributed by atoms with van der Waals surface area (Å²) in [5.74, 6) is 1.35. The second kappa shape index (κ2) is 7.75. The Morgan fingerprint density at radius 3 is 2.85 bits per heavy atom. The van der Waals surface area contributed by atoms with E-state index in [9.17, 15) is 4.79 Å². The molecule has 6 nitrogen and oxygen atoms in total. The van der Waals surface area contributed by atoms with Crippen molar-refractivity contribution in [1.29, 1.82) is 0 Å². The number of fused-ring (bicyclic) bond motifs is 2. The largest absolute Gasteiger partial charge is 0.346 e. The third kappa shape index (κ3) is 3.35. The van der Waals surface area contributed by atoms with Crippen LogP contribution in [-0.2, 0) is 4.79 Å². The third-order valence-electron chi connectivity index (χ3n) is 8.08. The van der Waals surface area contributed by atoms with E-state index < -0.39 is 0 Å². The van der Waals surface area contributed by atoms with Gasteiger partial charge < -0.3 is 4.98 Å². The van der Waals surface area contributed by atoms with Gasteiger partial charge in [0, 0.05) is 28.6 Å². The molecule has 4 aromatic heterocycles. The number of carbonyl (C=O) groups is 1. The highest BCUT2D eigenvalue weighted by atomic mass is 32.1. The molecule has 0 aromatic carbocycles. The van der Waals surface area contributed by atoms with Crippen LogP contribution in [0, 0.1) is 19.3 Å². The molecule has 1 saturated carbocycles. The zero-order valence-corrected chi connectivity index (χ0v) is 21.6. The molecule has 34 heavy (non-hydrogen) atoms. The van der Waals surface area contributed by atoms with Gasteiger partial charge in [-0.2, -0.15) is 5.10 Å². The SMILES string of the molecule is CC(=O)CN1CC[C@]2(C1)C[C@@H](c1sc3[nH]c(-c4cc(C)c5ncnn5c4)c(C(C)C)c3c1C)C2. The van der Waals surface area contributed by atoms with Crippen LogP contribution in [0.15, 0.2) is 18.6 Å². The van der Waals surface area contributed by atoms with Crippen LogP contribution in [0.3, 0.4) is 0 Å². The predicted octanol–water partition coefficient (Wildman–Crippen LogP) is 5.84. The van der Waals surface area contributed by atoms with Crippen LogP contribution in [0.2, 0.25) is 0 Å². The summed E-state index contributed by atoms with van der Waals surface area (Å²) in [6, 6.07) is 2.23. The van der Waals surface area contributed by atoms with Crippen molar-refractivity contribution in [3.05, 3.63) is 40.2 Å². The van der Waals surface area contributed by atoms with E-state index >= 15 is 0 Å². The molecule has 0 radical (unpaired) electrons. The van der Waals surface area contributed by atoms with Crippen molar-refractivity contribution in [2.45, 2.75) is 65.7 Å². The fourth-order valence-electron chi connectivity index (χ4n) is 6.66. The number of aromatic amines is 1. The maximum Gasteiger partial charge on any atom is 0.158 e. The molecule has 1 N–H and O–H groups in total. The number of rotatable bonds is 5. The van der Waals surface area contributed by atoms with E-state index in [0.717, 1.165) is 24.3 Å². The Balaban J connectivity index is 1.33. The first-order chi connectivity index (χ1) is 16.2. The summed E-state index contributed by atoms with van der Waals surface area (Å²) in [5.41, 5.74) is 7.74. The van der Waals surface area contributed by atoms with Gasteiger partial charge in [0.2, 0.25) is 0 Å². The van der Waals surface area contributed by atoms with Gasteiger partial charge in [-0.05, 0) is 86.6 Å². The first-order valence-electron chi connectivity index (χ1n) is 12.4. The molecule has 1 saturated heterocycles. The molecule has 1 aliphatic carbocycles. The summed E-state index contributed by atoms with van der Waals surface area (Å²) < 4.78 is 1.88. The van der Waals surface area contributed by atoms with Gasteiger partial charge in [0.25, 0.3) is 0 Å². The fraction of sp³-hybridized carbons (Fsp3) is 0.519. The minimum atomic E-state index is 0.284. The van der Waals surface area contributed by atoms with Crippen LogP contribution in [0.4, 0.5) is 0 Å². The minimum Gasteiger partial charge on any atom is -0.346 e. The van der Waals surface area contributed by atoms with Gasteiger partial charge in [0.05, 0.1) is 12.2 Å². The zero-order chi connectivity index (χ0) is 23.8. The number of ketones is 1. The molecule has 6 rings (SSSR count). The second-order valence-electron chi connectivity index (χ2n) is 11.1. The molecule has 4 aromatic rings. The lowest BCUT2D eigenvalue weighted by atomic mass is 9.60. The summed E-state index contributed by atoms with van der Waals surface area (Å²) in [7, 11) is 0. The van der Waals surface area contributed by atoms with Gasteiger partial charge in [0.15, 0.2) is 5.65 Å². The van der Waals surface area contributed by atoms with Crippen molar-refractivity contribution in [3.63, 3.8) is 0 Å². The van der Waals surface area contributed by atoms with E-state index in [2.05, 4.69) is 59.9 Å². The number of aryl methyl sites for hydroxylation is 2. The Kier molecular flexibility index (Phi) is 5.01. The van der Waals surface area contributed by atoms with E-state index in [1.807, 2.05) is 15.9 Å². The number of nitrogens with zero attached hydrogens (tertiary/aromatic N) is 4. The van der Waals surface area contributed by atoms with Gasteiger partial charge in [-0.25, -0.2) is 9.50 Å². The molecule has 7 heteroatoms. The first kappa shape index (κ1) is 22.0. The monoisotopic (exact) mass is 475 g/mol. The zero-order valence-electron chi connectivity index (χ0n) is 20.7. The molecule has 1 aliphatic heterocycles. The smallest absolute Gasteiger partial charge is 0.158 e. The highest BCUT2D eigenvalue weighted by Gasteiger charge is 2.49. The molecule has 0 amide bonds. The molecular weight excluding hydrogens is 442 g/mol. The summed E-state index contributed by atoms with van der Waals surface area (Å²) >= 11 is 1.96. The Morgan fingerprint density at radius 1 is 1.32 bits per heavy atom. The molecule has 0 atom stereocenters. The standard InChI is InChI=1S/C27H33N5OS/c1-15(2)21-22-18(5)24(20-9-27(10-20)6-7-31(13-27)11-17(4)33)34-26(22)30-23(21)19-8-16(3)25-28-14-29-32(25)12-19/h8,12,14-15,20,30H,6-7,9-11,13H2,1-5H3/t20-,27+. The van der Waals surface area contributed by atoms with E-state index in [1.54, 1.807) is 18.1 Å². The van der Waals surface area contributed by atoms with Crippen LogP contribution in [0.5, 0.6) is 0 Å². The Bertz CT molecular complexity index is 1420. The molecule has 0 bridgehead atoms. The van der Waals surface area contributed by atoms with E-state index in [0.29, 0.717) is 23.8 Å². The summed E-state index contributed by atoms with van der Waals surface area (Å²) in [6.45, 7) is 13.5. The lowest BCUT2D eigenvalue weighted by molar-refractivity contribution is -0.118. The summed E-state index contributed by atoms with van der Waals surface area (Å²) in [4.78, 5) is 25.0.